The van der Waals surface area contributed by atoms with Gasteiger partial charge in [-0.25, -0.2) is 0 Å². The van der Waals surface area contributed by atoms with Gasteiger partial charge in [0, 0.05) is 6.54 Å². The van der Waals surface area contributed by atoms with Crippen LogP contribution in [-0.4, -0.2) is 21.5 Å². The number of hydrogen-bond acceptors (Lipinski definition) is 5. The summed E-state index contributed by atoms with van der Waals surface area (Å²) in [4.78, 5) is 12.1. The van der Waals surface area contributed by atoms with E-state index < -0.39 is 0 Å². The van der Waals surface area contributed by atoms with Gasteiger partial charge in [-0.2, -0.15) is 15.0 Å². The van der Waals surface area contributed by atoms with Gasteiger partial charge in [0.2, 0.25) is 11.9 Å². The van der Waals surface area contributed by atoms with Crippen LogP contribution in [0.15, 0.2) is 30.3 Å². The molecule has 0 aliphatic carbocycles. The Morgan fingerprint density at radius 2 is 1.88 bits per heavy atom. The molecule has 0 spiro atoms. The number of aromatic nitrogens is 3. The molecule has 5 heteroatoms. The Balaban J connectivity index is 1.90. The number of nitrogens with one attached hydrogen (secondary N) is 1. The van der Waals surface area contributed by atoms with Crippen molar-refractivity contribution in [2.24, 2.45) is 0 Å². The Kier molecular flexibility index (Phi) is 3.49. The van der Waals surface area contributed by atoms with Crippen molar-refractivity contribution < 1.29 is 0 Å². The van der Waals surface area contributed by atoms with E-state index in [0.717, 1.165) is 13.0 Å². The molecule has 0 amide bonds. The molecule has 1 heterocycles. The molecule has 0 aliphatic rings. The third kappa shape index (κ3) is 3.41. The van der Waals surface area contributed by atoms with Crippen LogP contribution in [-0.2, 0) is 6.42 Å². The second-order valence-electron chi connectivity index (χ2n) is 3.73. The zero-order valence-corrected chi connectivity index (χ0v) is 9.72. The standard InChI is InChI=1S/C12H15N5/c1-9-15-11(13)17-12(16-9)14-8-7-10-5-3-2-4-6-10/h2-6H,7-8H2,1H3,(H3,13,14,15,16,17). The largest absolute Gasteiger partial charge is 0.368 e. The third-order valence-corrected chi connectivity index (χ3v) is 2.30. The van der Waals surface area contributed by atoms with Crippen LogP contribution in [0.3, 0.4) is 0 Å². The summed E-state index contributed by atoms with van der Waals surface area (Å²) in [6.45, 7) is 2.56. The summed E-state index contributed by atoms with van der Waals surface area (Å²) >= 11 is 0. The molecule has 5 nitrogen and oxygen atoms in total. The van der Waals surface area contributed by atoms with Crippen LogP contribution in [0.5, 0.6) is 0 Å². The highest BCUT2D eigenvalue weighted by molar-refractivity contribution is 5.31. The Bertz CT molecular complexity index is 463. The first-order valence-corrected chi connectivity index (χ1v) is 5.50. The fourth-order valence-electron chi connectivity index (χ4n) is 1.54. The highest BCUT2D eigenvalue weighted by Gasteiger charge is 2.00. The molecule has 3 N–H and O–H groups in total. The Morgan fingerprint density at radius 1 is 1.12 bits per heavy atom. The maximum atomic E-state index is 5.54. The summed E-state index contributed by atoms with van der Waals surface area (Å²) in [7, 11) is 0. The minimum atomic E-state index is 0.250. The molecule has 0 aliphatic heterocycles. The Morgan fingerprint density at radius 3 is 2.59 bits per heavy atom. The molecule has 0 fully saturated rings. The summed E-state index contributed by atoms with van der Waals surface area (Å²) in [5.41, 5.74) is 6.82. The summed E-state index contributed by atoms with van der Waals surface area (Å²) in [5.74, 6) is 1.41. The van der Waals surface area contributed by atoms with Gasteiger partial charge in [-0.3, -0.25) is 0 Å². The summed E-state index contributed by atoms with van der Waals surface area (Å²) in [6.07, 6.45) is 0.922. The molecule has 0 bridgehead atoms. The number of rotatable bonds is 4. The summed E-state index contributed by atoms with van der Waals surface area (Å²) < 4.78 is 0. The molecule has 2 aromatic rings. The number of anilines is 2. The molecular formula is C12H15N5. The van der Waals surface area contributed by atoms with E-state index in [2.05, 4.69) is 32.4 Å². The highest BCUT2D eigenvalue weighted by atomic mass is 15.2. The van der Waals surface area contributed by atoms with Gasteiger partial charge in [0.25, 0.3) is 0 Å². The number of hydrogen-bond donors (Lipinski definition) is 2. The Hall–Kier alpha value is -2.17. The van der Waals surface area contributed by atoms with E-state index in [1.807, 2.05) is 18.2 Å². The van der Waals surface area contributed by atoms with Gasteiger partial charge in [-0.1, -0.05) is 30.3 Å². The molecular weight excluding hydrogens is 214 g/mol. The van der Waals surface area contributed by atoms with Crippen LogP contribution in [0, 0.1) is 6.92 Å². The lowest BCUT2D eigenvalue weighted by Crippen LogP contribution is -2.10. The molecule has 0 radical (unpaired) electrons. The van der Waals surface area contributed by atoms with E-state index >= 15 is 0 Å². The smallest absolute Gasteiger partial charge is 0.227 e. The van der Waals surface area contributed by atoms with Gasteiger partial charge >= 0.3 is 0 Å². The molecule has 2 rings (SSSR count). The summed E-state index contributed by atoms with van der Waals surface area (Å²) in [5, 5.41) is 3.13. The second-order valence-corrected chi connectivity index (χ2v) is 3.73. The second kappa shape index (κ2) is 5.25. The first-order valence-electron chi connectivity index (χ1n) is 5.50. The lowest BCUT2D eigenvalue weighted by Gasteiger charge is -2.05. The van der Waals surface area contributed by atoms with Gasteiger partial charge in [-0.05, 0) is 18.9 Å². The predicted octanol–water partition coefficient (Wildman–Crippen LogP) is 1.42. The van der Waals surface area contributed by atoms with Crippen LogP contribution in [0.1, 0.15) is 11.4 Å². The van der Waals surface area contributed by atoms with Gasteiger partial charge < -0.3 is 11.1 Å². The average molecular weight is 229 g/mol. The molecule has 1 aromatic carbocycles. The van der Waals surface area contributed by atoms with Crippen molar-refractivity contribution in [3.63, 3.8) is 0 Å². The Labute approximate surface area is 100 Å². The van der Waals surface area contributed by atoms with Crippen LogP contribution < -0.4 is 11.1 Å². The van der Waals surface area contributed by atoms with Crippen molar-refractivity contribution in [1.82, 2.24) is 15.0 Å². The quantitative estimate of drug-likeness (QED) is 0.829. The topological polar surface area (TPSA) is 76.7 Å². The van der Waals surface area contributed by atoms with Crippen molar-refractivity contribution in [3.05, 3.63) is 41.7 Å². The predicted molar refractivity (Wildman–Crippen MR) is 67.6 cm³/mol. The zero-order valence-electron chi connectivity index (χ0n) is 9.72. The minimum Gasteiger partial charge on any atom is -0.368 e. The van der Waals surface area contributed by atoms with Gasteiger partial charge in [-0.15, -0.1) is 0 Å². The van der Waals surface area contributed by atoms with Crippen LogP contribution in [0.4, 0.5) is 11.9 Å². The number of nitrogens with two attached hydrogens (primary N) is 1. The average Bonchev–Trinajstić information content (AvgIpc) is 2.29. The lowest BCUT2D eigenvalue weighted by atomic mass is 10.1. The molecule has 0 saturated carbocycles. The number of nitrogen functional groups attached to an aromatic ring is 1. The number of benzene rings is 1. The van der Waals surface area contributed by atoms with Crippen molar-refractivity contribution >= 4 is 11.9 Å². The number of nitrogens with zero attached hydrogens (tertiary/aromatic N) is 3. The van der Waals surface area contributed by atoms with Gasteiger partial charge in [0.1, 0.15) is 5.82 Å². The maximum Gasteiger partial charge on any atom is 0.227 e. The molecule has 17 heavy (non-hydrogen) atoms. The van der Waals surface area contributed by atoms with E-state index in [-0.39, 0.29) is 5.95 Å². The van der Waals surface area contributed by atoms with Gasteiger partial charge in [0.05, 0.1) is 0 Å². The van der Waals surface area contributed by atoms with E-state index in [0.29, 0.717) is 11.8 Å². The van der Waals surface area contributed by atoms with Crippen molar-refractivity contribution in [2.75, 3.05) is 17.6 Å². The third-order valence-electron chi connectivity index (χ3n) is 2.30. The minimum absolute atomic E-state index is 0.250. The van der Waals surface area contributed by atoms with Crippen molar-refractivity contribution in [1.29, 1.82) is 0 Å². The van der Waals surface area contributed by atoms with E-state index in [1.165, 1.54) is 5.56 Å². The number of aryl methyl sites for hydroxylation is 1. The summed E-state index contributed by atoms with van der Waals surface area (Å²) in [6, 6.07) is 10.2. The van der Waals surface area contributed by atoms with Crippen LogP contribution in [0.2, 0.25) is 0 Å². The lowest BCUT2D eigenvalue weighted by molar-refractivity contribution is 0.941. The SMILES string of the molecule is Cc1nc(N)nc(NCCc2ccccc2)n1. The maximum absolute atomic E-state index is 5.54. The highest BCUT2D eigenvalue weighted by Crippen LogP contribution is 2.03. The molecule has 0 unspecified atom stereocenters. The zero-order chi connectivity index (χ0) is 12.1. The first kappa shape index (κ1) is 11.3. The monoisotopic (exact) mass is 229 g/mol. The molecule has 0 atom stereocenters. The van der Waals surface area contributed by atoms with Crippen molar-refractivity contribution in [2.45, 2.75) is 13.3 Å². The fourth-order valence-corrected chi connectivity index (χ4v) is 1.54. The van der Waals surface area contributed by atoms with Crippen molar-refractivity contribution in [3.8, 4) is 0 Å². The normalized spacial score (nSPS) is 10.2. The first-order chi connectivity index (χ1) is 8.24. The molecule has 1 aromatic heterocycles. The van der Waals surface area contributed by atoms with E-state index in [1.54, 1.807) is 6.92 Å². The van der Waals surface area contributed by atoms with E-state index in [4.69, 9.17) is 5.73 Å². The van der Waals surface area contributed by atoms with Crippen LogP contribution >= 0.6 is 0 Å². The van der Waals surface area contributed by atoms with Gasteiger partial charge in [0.15, 0.2) is 0 Å². The molecule has 0 saturated heterocycles. The van der Waals surface area contributed by atoms with E-state index in [9.17, 15) is 0 Å². The fraction of sp³-hybridized carbons (Fsp3) is 0.250. The van der Waals surface area contributed by atoms with Crippen LogP contribution in [0.25, 0.3) is 0 Å². The molecule has 88 valence electrons.